The molecule has 1 heterocycles. The SMILES string of the molecule is CCOCCCc1nc(C(=O)O)c(C(=O)O)o1. The Morgan fingerprint density at radius 3 is 2.53 bits per heavy atom. The molecular weight excluding hydrogens is 230 g/mol. The first kappa shape index (κ1) is 13.2. The number of rotatable bonds is 7. The van der Waals surface area contributed by atoms with E-state index in [0.717, 1.165) is 0 Å². The van der Waals surface area contributed by atoms with Crippen LogP contribution in [0.5, 0.6) is 0 Å². The molecule has 0 aliphatic rings. The van der Waals surface area contributed by atoms with Crippen LogP contribution in [0, 0.1) is 0 Å². The molecule has 0 spiro atoms. The molecule has 0 amide bonds. The van der Waals surface area contributed by atoms with Crippen molar-refractivity contribution in [1.29, 1.82) is 0 Å². The first-order chi connectivity index (χ1) is 8.06. The highest BCUT2D eigenvalue weighted by Gasteiger charge is 2.24. The van der Waals surface area contributed by atoms with E-state index in [2.05, 4.69) is 4.98 Å². The largest absolute Gasteiger partial charge is 0.476 e. The van der Waals surface area contributed by atoms with Crippen molar-refractivity contribution < 1.29 is 29.0 Å². The van der Waals surface area contributed by atoms with Gasteiger partial charge in [-0.25, -0.2) is 14.6 Å². The van der Waals surface area contributed by atoms with E-state index in [4.69, 9.17) is 19.4 Å². The molecule has 0 saturated heterocycles. The summed E-state index contributed by atoms with van der Waals surface area (Å²) in [5.74, 6) is -3.39. The average molecular weight is 243 g/mol. The Labute approximate surface area is 97.0 Å². The first-order valence-electron chi connectivity index (χ1n) is 5.10. The van der Waals surface area contributed by atoms with Gasteiger partial charge >= 0.3 is 11.9 Å². The zero-order valence-corrected chi connectivity index (χ0v) is 9.30. The van der Waals surface area contributed by atoms with Gasteiger partial charge < -0.3 is 19.4 Å². The first-order valence-corrected chi connectivity index (χ1v) is 5.10. The van der Waals surface area contributed by atoms with Crippen LogP contribution in [0.3, 0.4) is 0 Å². The van der Waals surface area contributed by atoms with Gasteiger partial charge in [-0.3, -0.25) is 0 Å². The number of aromatic nitrogens is 1. The molecule has 0 bridgehead atoms. The molecule has 7 heteroatoms. The number of carbonyl (C=O) groups is 2. The van der Waals surface area contributed by atoms with Crippen molar-refractivity contribution in [2.45, 2.75) is 19.8 Å². The summed E-state index contributed by atoms with van der Waals surface area (Å²) in [5.41, 5.74) is -0.566. The topological polar surface area (TPSA) is 110 Å². The van der Waals surface area contributed by atoms with Gasteiger partial charge in [-0.05, 0) is 13.3 Å². The van der Waals surface area contributed by atoms with Gasteiger partial charge in [0, 0.05) is 19.6 Å². The van der Waals surface area contributed by atoms with Gasteiger partial charge in [0.1, 0.15) is 0 Å². The minimum Gasteiger partial charge on any atom is -0.476 e. The molecule has 0 unspecified atom stereocenters. The molecule has 0 radical (unpaired) electrons. The van der Waals surface area contributed by atoms with Crippen molar-refractivity contribution in [2.24, 2.45) is 0 Å². The van der Waals surface area contributed by atoms with Crippen molar-refractivity contribution in [3.05, 3.63) is 17.3 Å². The minimum atomic E-state index is -1.44. The van der Waals surface area contributed by atoms with Crippen molar-refractivity contribution >= 4 is 11.9 Å². The molecule has 17 heavy (non-hydrogen) atoms. The predicted molar refractivity (Wildman–Crippen MR) is 55.2 cm³/mol. The van der Waals surface area contributed by atoms with E-state index in [9.17, 15) is 9.59 Å². The Balaban J connectivity index is 2.71. The third-order valence-electron chi connectivity index (χ3n) is 1.95. The van der Waals surface area contributed by atoms with Crippen molar-refractivity contribution in [2.75, 3.05) is 13.2 Å². The van der Waals surface area contributed by atoms with Gasteiger partial charge in [-0.15, -0.1) is 0 Å². The Morgan fingerprint density at radius 1 is 1.35 bits per heavy atom. The number of hydrogen-bond donors (Lipinski definition) is 2. The summed E-state index contributed by atoms with van der Waals surface area (Å²) in [6.45, 7) is 2.94. The van der Waals surface area contributed by atoms with Gasteiger partial charge in [0.05, 0.1) is 0 Å². The fraction of sp³-hybridized carbons (Fsp3) is 0.500. The summed E-state index contributed by atoms with van der Waals surface area (Å²) in [5, 5.41) is 17.4. The molecular formula is C10H13NO6. The van der Waals surface area contributed by atoms with Crippen LogP contribution in [0.4, 0.5) is 0 Å². The van der Waals surface area contributed by atoms with Crippen LogP contribution in [-0.4, -0.2) is 40.3 Å². The lowest BCUT2D eigenvalue weighted by Crippen LogP contribution is -2.05. The Morgan fingerprint density at radius 2 is 2.06 bits per heavy atom. The zero-order valence-electron chi connectivity index (χ0n) is 9.30. The lowest BCUT2D eigenvalue weighted by Gasteiger charge is -1.97. The molecule has 0 aliphatic heterocycles. The van der Waals surface area contributed by atoms with E-state index in [-0.39, 0.29) is 5.89 Å². The Bertz CT molecular complexity index is 379. The van der Waals surface area contributed by atoms with E-state index < -0.39 is 23.4 Å². The smallest absolute Gasteiger partial charge is 0.374 e. The quantitative estimate of drug-likeness (QED) is 0.688. The Kier molecular flexibility index (Phi) is 4.65. The van der Waals surface area contributed by atoms with Crippen molar-refractivity contribution in [3.8, 4) is 0 Å². The monoisotopic (exact) mass is 243 g/mol. The molecule has 0 saturated carbocycles. The van der Waals surface area contributed by atoms with Gasteiger partial charge in [0.2, 0.25) is 11.5 Å². The summed E-state index contributed by atoms with van der Waals surface area (Å²) in [4.78, 5) is 25.0. The number of carboxylic acid groups (broad SMARTS) is 2. The lowest BCUT2D eigenvalue weighted by molar-refractivity contribution is 0.0622. The molecule has 1 aromatic heterocycles. The van der Waals surface area contributed by atoms with Crippen LogP contribution in [0.1, 0.15) is 40.3 Å². The minimum absolute atomic E-state index is 0.0968. The zero-order chi connectivity index (χ0) is 12.8. The second kappa shape index (κ2) is 6.00. The van der Waals surface area contributed by atoms with Gasteiger partial charge in [-0.2, -0.15) is 0 Å². The molecule has 0 aromatic carbocycles. The average Bonchev–Trinajstić information content (AvgIpc) is 2.69. The molecule has 1 aromatic rings. The molecule has 94 valence electrons. The van der Waals surface area contributed by atoms with Crippen LogP contribution < -0.4 is 0 Å². The van der Waals surface area contributed by atoms with E-state index in [1.54, 1.807) is 0 Å². The van der Waals surface area contributed by atoms with Crippen molar-refractivity contribution in [1.82, 2.24) is 4.98 Å². The molecule has 7 nitrogen and oxygen atoms in total. The predicted octanol–water partition coefficient (Wildman–Crippen LogP) is 1.04. The second-order valence-electron chi connectivity index (χ2n) is 3.20. The van der Waals surface area contributed by atoms with Crippen LogP contribution in [0.2, 0.25) is 0 Å². The number of nitrogens with zero attached hydrogens (tertiary/aromatic N) is 1. The standard InChI is InChI=1S/C10H13NO6/c1-2-16-5-3-4-6-11-7(9(12)13)8(17-6)10(14)15/h2-5H2,1H3,(H,12,13)(H,14,15). The van der Waals surface area contributed by atoms with E-state index >= 15 is 0 Å². The number of aromatic carboxylic acids is 2. The summed E-state index contributed by atoms with van der Waals surface area (Å²) in [6.07, 6.45) is 0.931. The van der Waals surface area contributed by atoms with E-state index in [1.165, 1.54) is 0 Å². The molecule has 0 fully saturated rings. The molecule has 0 aliphatic carbocycles. The highest BCUT2D eigenvalue weighted by atomic mass is 16.5. The number of aryl methyl sites for hydroxylation is 1. The maximum atomic E-state index is 10.7. The van der Waals surface area contributed by atoms with E-state index in [0.29, 0.717) is 26.1 Å². The highest BCUT2D eigenvalue weighted by molar-refractivity contribution is 5.98. The van der Waals surface area contributed by atoms with E-state index in [1.807, 2.05) is 6.92 Å². The number of hydrogen-bond acceptors (Lipinski definition) is 5. The maximum absolute atomic E-state index is 10.7. The highest BCUT2D eigenvalue weighted by Crippen LogP contribution is 2.13. The van der Waals surface area contributed by atoms with Crippen LogP contribution in [0.15, 0.2) is 4.42 Å². The normalized spacial score (nSPS) is 10.4. The third-order valence-corrected chi connectivity index (χ3v) is 1.95. The molecule has 2 N–H and O–H groups in total. The fourth-order valence-corrected chi connectivity index (χ4v) is 1.23. The van der Waals surface area contributed by atoms with Crippen LogP contribution in [0.25, 0.3) is 0 Å². The number of oxazole rings is 1. The summed E-state index contributed by atoms with van der Waals surface area (Å²) >= 11 is 0. The van der Waals surface area contributed by atoms with Crippen LogP contribution >= 0.6 is 0 Å². The van der Waals surface area contributed by atoms with Gasteiger partial charge in [0.15, 0.2) is 5.89 Å². The van der Waals surface area contributed by atoms with Crippen LogP contribution in [-0.2, 0) is 11.2 Å². The van der Waals surface area contributed by atoms with Gasteiger partial charge in [-0.1, -0.05) is 0 Å². The number of ether oxygens (including phenoxy) is 1. The lowest BCUT2D eigenvalue weighted by atomic mass is 10.3. The molecule has 1 rings (SSSR count). The summed E-state index contributed by atoms with van der Waals surface area (Å²) < 4.78 is 9.96. The van der Waals surface area contributed by atoms with Crippen molar-refractivity contribution in [3.63, 3.8) is 0 Å². The van der Waals surface area contributed by atoms with Gasteiger partial charge in [0.25, 0.3) is 0 Å². The Hall–Kier alpha value is -1.89. The fourth-order valence-electron chi connectivity index (χ4n) is 1.23. The molecule has 0 atom stereocenters. The summed E-state index contributed by atoms with van der Waals surface area (Å²) in [7, 11) is 0. The number of carboxylic acids is 2. The second-order valence-corrected chi connectivity index (χ2v) is 3.20. The summed E-state index contributed by atoms with van der Waals surface area (Å²) in [6, 6.07) is 0. The maximum Gasteiger partial charge on any atom is 0.374 e. The third kappa shape index (κ3) is 3.56.